The van der Waals surface area contributed by atoms with Gasteiger partial charge in [-0.15, -0.1) is 24.0 Å². The Balaban J connectivity index is 0.00000392. The predicted molar refractivity (Wildman–Crippen MR) is 129 cm³/mol. The quantitative estimate of drug-likeness (QED) is 0.315. The van der Waals surface area contributed by atoms with Crippen LogP contribution in [-0.2, 0) is 6.54 Å². The molecule has 6 nitrogen and oxygen atoms in total. The lowest BCUT2D eigenvalue weighted by molar-refractivity contribution is 0.178. The average Bonchev–Trinajstić information content (AvgIpc) is 3.17. The van der Waals surface area contributed by atoms with Crippen molar-refractivity contribution in [1.29, 1.82) is 0 Å². The van der Waals surface area contributed by atoms with Crippen LogP contribution in [0.2, 0.25) is 0 Å². The van der Waals surface area contributed by atoms with Crippen molar-refractivity contribution >= 4 is 29.9 Å². The number of guanidine groups is 1. The van der Waals surface area contributed by atoms with E-state index in [0.717, 1.165) is 31.3 Å². The van der Waals surface area contributed by atoms with Crippen LogP contribution in [-0.4, -0.2) is 52.4 Å². The van der Waals surface area contributed by atoms with Gasteiger partial charge in [0, 0.05) is 44.1 Å². The summed E-state index contributed by atoms with van der Waals surface area (Å²) in [5, 5.41) is 11.0. The highest BCUT2D eigenvalue weighted by Gasteiger charge is 2.12. The van der Waals surface area contributed by atoms with Gasteiger partial charge in [0.25, 0.3) is 0 Å². The topological polar surface area (TPSA) is 57.5 Å². The molecule has 0 saturated carbocycles. The Hall–Kier alpha value is -1.61. The van der Waals surface area contributed by atoms with Gasteiger partial charge in [0.05, 0.1) is 12.2 Å². The molecule has 1 aromatic carbocycles. The first kappa shape index (κ1) is 24.4. The lowest BCUT2D eigenvalue weighted by Crippen LogP contribution is -2.45. The van der Waals surface area contributed by atoms with Crippen molar-refractivity contribution in [3.05, 3.63) is 48.3 Å². The second-order valence-electron chi connectivity index (χ2n) is 7.16. The van der Waals surface area contributed by atoms with Crippen molar-refractivity contribution < 1.29 is 0 Å². The lowest BCUT2D eigenvalue weighted by Gasteiger charge is -2.30. The molecule has 0 aliphatic heterocycles. The van der Waals surface area contributed by atoms with Crippen LogP contribution in [0.4, 0.5) is 0 Å². The maximum atomic E-state index is 4.72. The molecule has 0 saturated heterocycles. The number of nitrogens with zero attached hydrogens (tertiary/aromatic N) is 4. The summed E-state index contributed by atoms with van der Waals surface area (Å²) >= 11 is 0. The van der Waals surface area contributed by atoms with E-state index in [4.69, 9.17) is 4.99 Å². The van der Waals surface area contributed by atoms with Gasteiger partial charge in [-0.1, -0.05) is 12.1 Å². The first-order chi connectivity index (χ1) is 13.0. The number of halogens is 1. The molecule has 2 N–H and O–H groups in total. The van der Waals surface area contributed by atoms with Crippen molar-refractivity contribution in [2.24, 2.45) is 4.99 Å². The third-order valence-corrected chi connectivity index (χ3v) is 4.46. The Labute approximate surface area is 186 Å². The van der Waals surface area contributed by atoms with E-state index in [1.807, 2.05) is 16.9 Å². The normalized spacial score (nSPS) is 11.8. The Morgan fingerprint density at radius 3 is 2.32 bits per heavy atom. The van der Waals surface area contributed by atoms with Gasteiger partial charge in [0.15, 0.2) is 5.96 Å². The van der Waals surface area contributed by atoms with Crippen LogP contribution in [0.3, 0.4) is 0 Å². The number of aliphatic imine (C=N–C) groups is 1. The summed E-state index contributed by atoms with van der Waals surface area (Å²) in [6, 6.07) is 11.3. The molecule has 7 heteroatoms. The average molecular weight is 498 g/mol. The summed E-state index contributed by atoms with van der Waals surface area (Å²) < 4.78 is 1.86. The molecular formula is C21H35IN6. The molecule has 0 aliphatic carbocycles. The molecular weight excluding hydrogens is 463 g/mol. The minimum atomic E-state index is 0. The molecule has 0 spiro atoms. The molecule has 0 amide bonds. The van der Waals surface area contributed by atoms with Crippen molar-refractivity contribution in [3.63, 3.8) is 0 Å². The molecule has 1 heterocycles. The van der Waals surface area contributed by atoms with Crippen LogP contribution >= 0.6 is 24.0 Å². The summed E-state index contributed by atoms with van der Waals surface area (Å²) in [6.07, 6.45) is 3.73. The van der Waals surface area contributed by atoms with Gasteiger partial charge in [0.2, 0.25) is 0 Å². The molecule has 0 radical (unpaired) electrons. The smallest absolute Gasteiger partial charge is 0.191 e. The molecule has 2 rings (SSSR count). The van der Waals surface area contributed by atoms with Crippen molar-refractivity contribution in [2.75, 3.05) is 19.6 Å². The first-order valence-electron chi connectivity index (χ1n) is 9.88. The molecule has 2 aromatic rings. The lowest BCUT2D eigenvalue weighted by atomic mass is 10.2. The van der Waals surface area contributed by atoms with Crippen LogP contribution < -0.4 is 10.6 Å². The van der Waals surface area contributed by atoms with Crippen LogP contribution in [0.25, 0.3) is 5.69 Å². The summed E-state index contributed by atoms with van der Waals surface area (Å²) in [6.45, 7) is 14.4. The van der Waals surface area contributed by atoms with Gasteiger partial charge in [-0.25, -0.2) is 9.67 Å². The summed E-state index contributed by atoms with van der Waals surface area (Å²) in [7, 11) is 0. The molecule has 156 valence electrons. The predicted octanol–water partition coefficient (Wildman–Crippen LogP) is 3.66. The number of aromatic nitrogens is 2. The number of rotatable bonds is 9. The Morgan fingerprint density at radius 1 is 1.11 bits per heavy atom. The fourth-order valence-corrected chi connectivity index (χ4v) is 3.10. The number of hydrogen-bond acceptors (Lipinski definition) is 3. The number of hydrogen-bond donors (Lipinski definition) is 2. The van der Waals surface area contributed by atoms with E-state index >= 15 is 0 Å². The largest absolute Gasteiger partial charge is 0.357 e. The molecule has 0 bridgehead atoms. The zero-order valence-electron chi connectivity index (χ0n) is 17.7. The second-order valence-corrected chi connectivity index (χ2v) is 7.16. The minimum Gasteiger partial charge on any atom is -0.357 e. The van der Waals surface area contributed by atoms with Gasteiger partial charge in [-0.3, -0.25) is 4.90 Å². The van der Waals surface area contributed by atoms with Gasteiger partial charge < -0.3 is 10.6 Å². The number of benzene rings is 1. The molecule has 0 unspecified atom stereocenters. The summed E-state index contributed by atoms with van der Waals surface area (Å²) in [5.41, 5.74) is 2.23. The summed E-state index contributed by atoms with van der Waals surface area (Å²) in [4.78, 5) is 7.19. The SMILES string of the molecule is CCNC(=NCc1ccc(-n2cccn2)cc1)NCCN(C(C)C)C(C)C.I. The Morgan fingerprint density at radius 2 is 1.79 bits per heavy atom. The molecule has 0 aliphatic rings. The maximum absolute atomic E-state index is 4.72. The van der Waals surface area contributed by atoms with Crippen LogP contribution in [0.5, 0.6) is 0 Å². The third kappa shape index (κ3) is 7.79. The number of nitrogens with one attached hydrogen (secondary N) is 2. The van der Waals surface area contributed by atoms with Gasteiger partial charge >= 0.3 is 0 Å². The highest BCUT2D eigenvalue weighted by Crippen LogP contribution is 2.09. The van der Waals surface area contributed by atoms with Crippen molar-refractivity contribution in [3.8, 4) is 5.69 Å². The van der Waals surface area contributed by atoms with Crippen LogP contribution in [0.1, 0.15) is 40.2 Å². The fraction of sp³-hybridized carbons (Fsp3) is 0.524. The Kier molecular flexibility index (Phi) is 11.1. The monoisotopic (exact) mass is 498 g/mol. The van der Waals surface area contributed by atoms with Crippen LogP contribution in [0.15, 0.2) is 47.7 Å². The highest BCUT2D eigenvalue weighted by molar-refractivity contribution is 14.0. The fourth-order valence-electron chi connectivity index (χ4n) is 3.10. The van der Waals surface area contributed by atoms with Gasteiger partial charge in [-0.2, -0.15) is 5.10 Å². The van der Waals surface area contributed by atoms with Gasteiger partial charge in [0.1, 0.15) is 0 Å². The van der Waals surface area contributed by atoms with Crippen LogP contribution in [0, 0.1) is 0 Å². The molecule has 1 aromatic heterocycles. The van der Waals surface area contributed by atoms with E-state index < -0.39 is 0 Å². The first-order valence-corrected chi connectivity index (χ1v) is 9.88. The zero-order chi connectivity index (χ0) is 19.6. The van der Waals surface area contributed by atoms with E-state index in [0.29, 0.717) is 18.6 Å². The van der Waals surface area contributed by atoms with E-state index in [-0.39, 0.29) is 24.0 Å². The van der Waals surface area contributed by atoms with E-state index in [1.165, 1.54) is 5.56 Å². The van der Waals surface area contributed by atoms with E-state index in [9.17, 15) is 0 Å². The molecule has 0 fully saturated rings. The van der Waals surface area contributed by atoms with Crippen molar-refractivity contribution in [1.82, 2.24) is 25.3 Å². The van der Waals surface area contributed by atoms with Gasteiger partial charge in [-0.05, 0) is 58.4 Å². The summed E-state index contributed by atoms with van der Waals surface area (Å²) in [5.74, 6) is 0.862. The Bertz CT molecular complexity index is 671. The molecule has 28 heavy (non-hydrogen) atoms. The standard InChI is InChI=1S/C21H34N6.HI/c1-6-22-21(23-13-15-26(17(2)3)18(4)5)24-16-19-8-10-20(11-9-19)27-14-7-12-25-27;/h7-12,14,17-18H,6,13,15-16H2,1-5H3,(H2,22,23,24);1H. The second kappa shape index (κ2) is 12.8. The van der Waals surface area contributed by atoms with Crippen molar-refractivity contribution in [2.45, 2.75) is 53.2 Å². The third-order valence-electron chi connectivity index (χ3n) is 4.46. The zero-order valence-corrected chi connectivity index (χ0v) is 20.1. The van der Waals surface area contributed by atoms with E-state index in [2.05, 4.69) is 79.5 Å². The minimum absolute atomic E-state index is 0. The van der Waals surface area contributed by atoms with E-state index in [1.54, 1.807) is 6.20 Å². The molecule has 0 atom stereocenters. The maximum Gasteiger partial charge on any atom is 0.191 e. The highest BCUT2D eigenvalue weighted by atomic mass is 127.